The third-order valence-electron chi connectivity index (χ3n) is 3.39. The predicted octanol–water partition coefficient (Wildman–Crippen LogP) is 5.05. The van der Waals surface area contributed by atoms with Gasteiger partial charge in [-0.15, -0.1) is 0 Å². The molecule has 0 bridgehead atoms. The second kappa shape index (κ2) is 6.70. The van der Waals surface area contributed by atoms with E-state index in [0.717, 1.165) is 10.0 Å². The maximum Gasteiger partial charge on any atom is 0.142 e. The summed E-state index contributed by atoms with van der Waals surface area (Å²) in [4.78, 5) is 0. The fourth-order valence-electron chi connectivity index (χ4n) is 2.26. The van der Waals surface area contributed by atoms with E-state index >= 15 is 0 Å². The summed E-state index contributed by atoms with van der Waals surface area (Å²) in [5.74, 6) is -0.370. The Morgan fingerprint density at radius 3 is 2.65 bits per heavy atom. The van der Waals surface area contributed by atoms with Crippen molar-refractivity contribution in [3.63, 3.8) is 0 Å². The first kappa shape index (κ1) is 15.5. The highest BCUT2D eigenvalue weighted by Gasteiger charge is 2.14. The number of rotatable bonds is 4. The van der Waals surface area contributed by atoms with Gasteiger partial charge in [0.1, 0.15) is 5.82 Å². The fraction of sp³-hybridized carbons (Fsp3) is 0.250. The molecule has 4 heteroatoms. The van der Waals surface area contributed by atoms with E-state index in [-0.39, 0.29) is 16.9 Å². The van der Waals surface area contributed by atoms with Crippen molar-refractivity contribution in [1.82, 2.24) is 5.32 Å². The van der Waals surface area contributed by atoms with Crippen LogP contribution >= 0.6 is 27.5 Å². The van der Waals surface area contributed by atoms with Crippen molar-refractivity contribution in [2.24, 2.45) is 0 Å². The molecule has 1 N–H and O–H groups in total. The zero-order valence-corrected chi connectivity index (χ0v) is 13.7. The van der Waals surface area contributed by atoms with Crippen molar-refractivity contribution in [3.05, 3.63) is 68.4 Å². The number of nitrogens with one attached hydrogen (secondary N) is 1. The van der Waals surface area contributed by atoms with E-state index in [0.29, 0.717) is 6.42 Å². The molecule has 0 radical (unpaired) electrons. The van der Waals surface area contributed by atoms with Crippen molar-refractivity contribution >= 4 is 27.5 Å². The smallest absolute Gasteiger partial charge is 0.142 e. The standard InChI is InChI=1S/C16H16BrClFN/c1-10-3-5-12(17)9-13(10)16(20-2)8-11-4-6-14(18)15(19)7-11/h3-7,9,16,20H,8H2,1-2H3. The Morgan fingerprint density at radius 1 is 1.25 bits per heavy atom. The highest BCUT2D eigenvalue weighted by Crippen LogP contribution is 2.26. The topological polar surface area (TPSA) is 12.0 Å². The normalized spacial score (nSPS) is 12.4. The lowest BCUT2D eigenvalue weighted by atomic mass is 9.95. The average Bonchev–Trinajstić information content (AvgIpc) is 2.43. The molecular formula is C16H16BrClFN. The van der Waals surface area contributed by atoms with E-state index in [1.54, 1.807) is 6.07 Å². The number of benzene rings is 2. The van der Waals surface area contributed by atoms with Crippen LogP contribution in [0.2, 0.25) is 5.02 Å². The van der Waals surface area contributed by atoms with E-state index in [9.17, 15) is 4.39 Å². The van der Waals surface area contributed by atoms with Crippen molar-refractivity contribution in [2.75, 3.05) is 7.05 Å². The van der Waals surface area contributed by atoms with Gasteiger partial charge in [-0.1, -0.05) is 39.7 Å². The summed E-state index contributed by atoms with van der Waals surface area (Å²) in [6.07, 6.45) is 0.710. The first-order valence-corrected chi connectivity index (χ1v) is 7.55. The van der Waals surface area contributed by atoms with Crippen LogP contribution in [-0.4, -0.2) is 7.05 Å². The van der Waals surface area contributed by atoms with Gasteiger partial charge >= 0.3 is 0 Å². The quantitative estimate of drug-likeness (QED) is 0.808. The summed E-state index contributed by atoms with van der Waals surface area (Å²) in [7, 11) is 1.91. The van der Waals surface area contributed by atoms with Crippen LogP contribution in [0, 0.1) is 12.7 Å². The maximum absolute atomic E-state index is 13.5. The molecule has 2 aromatic rings. The largest absolute Gasteiger partial charge is 0.313 e. The van der Waals surface area contributed by atoms with Gasteiger partial charge in [0.25, 0.3) is 0 Å². The van der Waals surface area contributed by atoms with E-state index in [4.69, 9.17) is 11.6 Å². The number of halogens is 3. The summed E-state index contributed by atoms with van der Waals surface area (Å²) >= 11 is 9.21. The van der Waals surface area contributed by atoms with Crippen molar-refractivity contribution in [2.45, 2.75) is 19.4 Å². The van der Waals surface area contributed by atoms with Gasteiger partial charge in [-0.3, -0.25) is 0 Å². The number of aryl methyl sites for hydroxylation is 1. The van der Waals surface area contributed by atoms with Gasteiger partial charge in [0.05, 0.1) is 5.02 Å². The lowest BCUT2D eigenvalue weighted by Gasteiger charge is -2.19. The molecule has 106 valence electrons. The third-order valence-corrected chi connectivity index (χ3v) is 4.19. The van der Waals surface area contributed by atoms with Crippen LogP contribution < -0.4 is 5.32 Å². The van der Waals surface area contributed by atoms with Crippen LogP contribution in [-0.2, 0) is 6.42 Å². The van der Waals surface area contributed by atoms with Gasteiger partial charge < -0.3 is 5.32 Å². The van der Waals surface area contributed by atoms with Crippen LogP contribution in [0.4, 0.5) is 4.39 Å². The molecule has 2 aromatic carbocycles. The molecule has 1 nitrogen and oxygen atoms in total. The SMILES string of the molecule is CNC(Cc1ccc(Cl)c(F)c1)c1cc(Br)ccc1C. The van der Waals surface area contributed by atoms with Gasteiger partial charge in [0.15, 0.2) is 0 Å². The minimum Gasteiger partial charge on any atom is -0.313 e. The molecular weight excluding hydrogens is 341 g/mol. The third kappa shape index (κ3) is 3.60. The van der Waals surface area contributed by atoms with Crippen molar-refractivity contribution < 1.29 is 4.39 Å². The second-order valence-corrected chi connectivity index (χ2v) is 6.12. The van der Waals surface area contributed by atoms with Gasteiger partial charge in [0, 0.05) is 10.5 Å². The minimum atomic E-state index is -0.370. The van der Waals surface area contributed by atoms with Crippen molar-refractivity contribution in [3.8, 4) is 0 Å². The molecule has 0 heterocycles. The van der Waals surface area contributed by atoms with Crippen LogP contribution in [0.5, 0.6) is 0 Å². The van der Waals surface area contributed by atoms with Crippen LogP contribution in [0.25, 0.3) is 0 Å². The van der Waals surface area contributed by atoms with E-state index in [1.165, 1.54) is 17.2 Å². The van der Waals surface area contributed by atoms with E-state index < -0.39 is 0 Å². The summed E-state index contributed by atoms with van der Waals surface area (Å²) in [6.45, 7) is 2.08. The number of hydrogen-bond donors (Lipinski definition) is 1. The first-order chi connectivity index (χ1) is 9.51. The summed E-state index contributed by atoms with van der Waals surface area (Å²) in [6, 6.07) is 11.3. The lowest BCUT2D eigenvalue weighted by Crippen LogP contribution is -2.20. The highest BCUT2D eigenvalue weighted by atomic mass is 79.9. The number of hydrogen-bond acceptors (Lipinski definition) is 1. The van der Waals surface area contributed by atoms with E-state index in [1.807, 2.05) is 19.2 Å². The molecule has 0 aromatic heterocycles. The lowest BCUT2D eigenvalue weighted by molar-refractivity contribution is 0.581. The van der Waals surface area contributed by atoms with E-state index in [2.05, 4.69) is 40.3 Å². The summed E-state index contributed by atoms with van der Waals surface area (Å²) in [5.41, 5.74) is 3.34. The van der Waals surface area contributed by atoms with Crippen LogP contribution in [0.3, 0.4) is 0 Å². The maximum atomic E-state index is 13.5. The summed E-state index contributed by atoms with van der Waals surface area (Å²) < 4.78 is 14.6. The molecule has 2 rings (SSSR count). The minimum absolute atomic E-state index is 0.132. The molecule has 1 atom stereocenters. The molecule has 0 saturated carbocycles. The first-order valence-electron chi connectivity index (χ1n) is 6.38. The predicted molar refractivity (Wildman–Crippen MR) is 85.8 cm³/mol. The zero-order chi connectivity index (χ0) is 14.7. The Morgan fingerprint density at radius 2 is 2.00 bits per heavy atom. The molecule has 0 aliphatic rings. The molecule has 1 unspecified atom stereocenters. The molecule has 0 saturated heterocycles. The van der Waals surface area contributed by atoms with Crippen LogP contribution in [0.1, 0.15) is 22.7 Å². The van der Waals surface area contributed by atoms with Crippen LogP contribution in [0.15, 0.2) is 40.9 Å². The molecule has 0 aliphatic heterocycles. The molecule has 0 aliphatic carbocycles. The Hall–Kier alpha value is -0.900. The Labute approximate surface area is 132 Å². The van der Waals surface area contributed by atoms with Gasteiger partial charge in [-0.25, -0.2) is 4.39 Å². The zero-order valence-electron chi connectivity index (χ0n) is 11.4. The average molecular weight is 357 g/mol. The molecule has 20 heavy (non-hydrogen) atoms. The molecule has 0 fully saturated rings. The number of likely N-dealkylation sites (N-methyl/N-ethyl adjacent to an activating group) is 1. The fourth-order valence-corrected chi connectivity index (χ4v) is 2.75. The van der Waals surface area contributed by atoms with Gasteiger partial charge in [-0.2, -0.15) is 0 Å². The molecule has 0 spiro atoms. The van der Waals surface area contributed by atoms with Gasteiger partial charge in [0.2, 0.25) is 0 Å². The van der Waals surface area contributed by atoms with Gasteiger partial charge in [-0.05, 0) is 61.3 Å². The second-order valence-electron chi connectivity index (χ2n) is 4.79. The highest BCUT2D eigenvalue weighted by molar-refractivity contribution is 9.10. The summed E-state index contributed by atoms with van der Waals surface area (Å²) in [5, 5.41) is 3.45. The Balaban J connectivity index is 2.28. The Kier molecular flexibility index (Phi) is 5.19. The molecule has 0 amide bonds. The Bertz CT molecular complexity index is 615. The monoisotopic (exact) mass is 355 g/mol. The van der Waals surface area contributed by atoms with Crippen molar-refractivity contribution in [1.29, 1.82) is 0 Å².